The fraction of sp³-hybridized carbons (Fsp3) is 0.750. The van der Waals surface area contributed by atoms with Gasteiger partial charge in [-0.05, 0) is 31.3 Å². The quantitative estimate of drug-likeness (QED) is 0.440. The van der Waals surface area contributed by atoms with Crippen LogP contribution in [-0.2, 0) is 9.59 Å². The van der Waals surface area contributed by atoms with Crippen molar-refractivity contribution in [3.8, 4) is 0 Å². The van der Waals surface area contributed by atoms with E-state index >= 15 is 0 Å². The molecule has 0 rings (SSSR count). The van der Waals surface area contributed by atoms with Crippen LogP contribution in [-0.4, -0.2) is 12.6 Å². The summed E-state index contributed by atoms with van der Waals surface area (Å²) in [4.78, 5) is 20.4. The molecule has 0 fully saturated rings. The first-order chi connectivity index (χ1) is 8.69. The summed E-state index contributed by atoms with van der Waals surface area (Å²) in [6, 6.07) is 0. The van der Waals surface area contributed by atoms with E-state index in [9.17, 15) is 9.59 Å². The number of carbonyl (C=O) groups is 2. The molecular weight excluding hydrogens is 224 g/mol. The number of allylic oxidation sites excluding steroid dienone is 2. The molecule has 0 aliphatic carbocycles. The molecule has 2 nitrogen and oxygen atoms in total. The van der Waals surface area contributed by atoms with E-state index < -0.39 is 0 Å². The first-order valence-electron chi connectivity index (χ1n) is 7.29. The molecule has 2 heteroatoms. The third-order valence-corrected chi connectivity index (χ3v) is 2.90. The van der Waals surface area contributed by atoms with E-state index in [1.165, 1.54) is 12.8 Å². The summed E-state index contributed by atoms with van der Waals surface area (Å²) in [6.45, 7) is 8.32. The minimum absolute atomic E-state index is 0.324. The molecule has 0 aromatic heterocycles. The molecule has 0 amide bonds. The summed E-state index contributed by atoms with van der Waals surface area (Å²) < 4.78 is 0. The fourth-order valence-corrected chi connectivity index (χ4v) is 1.44. The summed E-state index contributed by atoms with van der Waals surface area (Å²) in [5.41, 5.74) is 0.928. The average Bonchev–Trinajstić information content (AvgIpc) is 2.42. The minimum Gasteiger partial charge on any atom is -0.303 e. The van der Waals surface area contributed by atoms with E-state index in [2.05, 4.69) is 20.8 Å². The Labute approximate surface area is 113 Å². The van der Waals surface area contributed by atoms with Crippen molar-refractivity contribution in [1.82, 2.24) is 0 Å². The van der Waals surface area contributed by atoms with Gasteiger partial charge in [-0.25, -0.2) is 0 Å². The van der Waals surface area contributed by atoms with Crippen molar-refractivity contribution >= 4 is 12.6 Å². The zero-order valence-corrected chi connectivity index (χ0v) is 12.6. The Balaban J connectivity index is 0. The number of unbranched alkanes of at least 4 members (excludes halogenated alkanes) is 2. The van der Waals surface area contributed by atoms with Crippen molar-refractivity contribution in [2.24, 2.45) is 5.92 Å². The zero-order chi connectivity index (χ0) is 14.2. The lowest BCUT2D eigenvalue weighted by molar-refractivity contribution is -0.111. The molecule has 0 bridgehead atoms. The molecular formula is C16H30O2. The molecule has 0 spiro atoms. The minimum atomic E-state index is 0.324. The second kappa shape index (κ2) is 16.1. The van der Waals surface area contributed by atoms with Crippen LogP contribution in [0.25, 0.3) is 0 Å². The highest BCUT2D eigenvalue weighted by Gasteiger charge is 2.01. The number of rotatable bonds is 9. The monoisotopic (exact) mass is 254 g/mol. The third-order valence-electron chi connectivity index (χ3n) is 2.90. The van der Waals surface area contributed by atoms with E-state index in [0.29, 0.717) is 5.92 Å². The molecule has 1 atom stereocenters. The van der Waals surface area contributed by atoms with Gasteiger partial charge in [-0.1, -0.05) is 53.0 Å². The number of hydrogen-bond donors (Lipinski definition) is 0. The number of carbonyl (C=O) groups excluding carboxylic acids is 2. The van der Waals surface area contributed by atoms with Gasteiger partial charge in [0.2, 0.25) is 0 Å². The van der Waals surface area contributed by atoms with E-state index in [4.69, 9.17) is 0 Å². The molecule has 0 radical (unpaired) electrons. The number of aldehydes is 2. The van der Waals surface area contributed by atoms with Gasteiger partial charge in [0.25, 0.3) is 0 Å². The van der Waals surface area contributed by atoms with Crippen molar-refractivity contribution in [3.05, 3.63) is 11.6 Å². The van der Waals surface area contributed by atoms with E-state index in [0.717, 1.165) is 50.2 Å². The highest BCUT2D eigenvalue weighted by atomic mass is 16.1. The highest BCUT2D eigenvalue weighted by molar-refractivity contribution is 5.72. The van der Waals surface area contributed by atoms with Gasteiger partial charge in [0.15, 0.2) is 0 Å². The Bertz CT molecular complexity index is 219. The van der Waals surface area contributed by atoms with E-state index in [1.54, 1.807) is 0 Å². The van der Waals surface area contributed by atoms with Gasteiger partial charge in [0.05, 0.1) is 0 Å². The first-order valence-corrected chi connectivity index (χ1v) is 7.29. The van der Waals surface area contributed by atoms with Crippen LogP contribution in [0.3, 0.4) is 0 Å². The van der Waals surface area contributed by atoms with Crippen LogP contribution in [0, 0.1) is 5.92 Å². The van der Waals surface area contributed by atoms with Gasteiger partial charge < -0.3 is 4.79 Å². The SMILES string of the molecule is CCC/C=C(/C=O)CC.CCCCC(C=O)CC. The van der Waals surface area contributed by atoms with E-state index in [1.807, 2.05) is 13.0 Å². The maximum absolute atomic E-state index is 10.2. The second-order valence-corrected chi connectivity index (χ2v) is 4.49. The Hall–Kier alpha value is -0.920. The zero-order valence-electron chi connectivity index (χ0n) is 12.6. The van der Waals surface area contributed by atoms with Crippen molar-refractivity contribution in [1.29, 1.82) is 0 Å². The normalized spacial score (nSPS) is 12.3. The maximum atomic E-state index is 10.2. The topological polar surface area (TPSA) is 34.1 Å². The molecule has 106 valence electrons. The van der Waals surface area contributed by atoms with Gasteiger partial charge in [-0.15, -0.1) is 0 Å². The summed E-state index contributed by atoms with van der Waals surface area (Å²) in [7, 11) is 0. The molecule has 0 aromatic rings. The van der Waals surface area contributed by atoms with Gasteiger partial charge in [-0.2, -0.15) is 0 Å². The van der Waals surface area contributed by atoms with Crippen molar-refractivity contribution in [2.75, 3.05) is 0 Å². The van der Waals surface area contributed by atoms with Crippen LogP contribution in [0.4, 0.5) is 0 Å². The molecule has 0 heterocycles. The Morgan fingerprint density at radius 2 is 1.72 bits per heavy atom. The second-order valence-electron chi connectivity index (χ2n) is 4.49. The Kier molecular flexibility index (Phi) is 17.3. The predicted octanol–water partition coefficient (Wildman–Crippen LogP) is 4.72. The highest BCUT2D eigenvalue weighted by Crippen LogP contribution is 2.08. The molecule has 1 unspecified atom stereocenters. The molecule has 0 aromatic carbocycles. The lowest BCUT2D eigenvalue weighted by Crippen LogP contribution is -1.98. The Morgan fingerprint density at radius 3 is 2.06 bits per heavy atom. The van der Waals surface area contributed by atoms with E-state index in [-0.39, 0.29) is 0 Å². The molecule has 18 heavy (non-hydrogen) atoms. The Morgan fingerprint density at radius 1 is 1.06 bits per heavy atom. The summed E-state index contributed by atoms with van der Waals surface area (Å²) in [5, 5.41) is 0. The fourth-order valence-electron chi connectivity index (χ4n) is 1.44. The molecule has 0 aliphatic rings. The third kappa shape index (κ3) is 13.1. The van der Waals surface area contributed by atoms with Crippen molar-refractivity contribution in [2.45, 2.75) is 72.6 Å². The largest absolute Gasteiger partial charge is 0.303 e. The molecule has 0 saturated carbocycles. The van der Waals surface area contributed by atoms with Crippen LogP contribution >= 0.6 is 0 Å². The van der Waals surface area contributed by atoms with Crippen molar-refractivity contribution in [3.63, 3.8) is 0 Å². The molecule has 0 saturated heterocycles. The molecule has 0 N–H and O–H groups in total. The van der Waals surface area contributed by atoms with Crippen LogP contribution in [0.1, 0.15) is 72.6 Å². The van der Waals surface area contributed by atoms with Crippen LogP contribution in [0.15, 0.2) is 11.6 Å². The van der Waals surface area contributed by atoms with Gasteiger partial charge >= 0.3 is 0 Å². The molecule has 0 aliphatic heterocycles. The van der Waals surface area contributed by atoms with Gasteiger partial charge in [0, 0.05) is 5.92 Å². The van der Waals surface area contributed by atoms with Crippen LogP contribution < -0.4 is 0 Å². The van der Waals surface area contributed by atoms with Crippen LogP contribution in [0.2, 0.25) is 0 Å². The average molecular weight is 254 g/mol. The summed E-state index contributed by atoms with van der Waals surface area (Å²) in [5.74, 6) is 0.324. The maximum Gasteiger partial charge on any atom is 0.145 e. The first kappa shape index (κ1) is 19.4. The van der Waals surface area contributed by atoms with Crippen molar-refractivity contribution < 1.29 is 9.59 Å². The summed E-state index contributed by atoms with van der Waals surface area (Å²) >= 11 is 0. The summed E-state index contributed by atoms with van der Waals surface area (Å²) in [6.07, 6.45) is 11.5. The smallest absolute Gasteiger partial charge is 0.145 e. The van der Waals surface area contributed by atoms with Gasteiger partial charge in [0.1, 0.15) is 12.6 Å². The van der Waals surface area contributed by atoms with Crippen LogP contribution in [0.5, 0.6) is 0 Å². The predicted molar refractivity (Wildman–Crippen MR) is 78.7 cm³/mol. The lowest BCUT2D eigenvalue weighted by atomic mass is 10.0. The number of hydrogen-bond acceptors (Lipinski definition) is 2. The lowest BCUT2D eigenvalue weighted by Gasteiger charge is -2.03. The van der Waals surface area contributed by atoms with Gasteiger partial charge in [-0.3, -0.25) is 4.79 Å². The standard InChI is InChI=1S/C8H16O.C8H14O/c2*1-3-5-6-8(4-2)7-9/h7-8H,3-6H2,1-2H3;6-7H,3-5H2,1-2H3/b;8-6+.